The van der Waals surface area contributed by atoms with Crippen LogP contribution in [0.2, 0.25) is 0 Å². The fourth-order valence-corrected chi connectivity index (χ4v) is 6.41. The third kappa shape index (κ3) is 7.14. The molecule has 30 heavy (non-hydrogen) atoms. The van der Waals surface area contributed by atoms with Crippen LogP contribution >= 0.6 is 90.4 Å². The Balaban J connectivity index is 2.49. The van der Waals surface area contributed by atoms with Crippen molar-refractivity contribution >= 4 is 112 Å². The minimum Gasteiger partial charge on any atom is -0.462 e. The Kier molecular flexibility index (Phi) is 9.34. The lowest BCUT2D eigenvalue weighted by Gasteiger charge is -2.21. The first kappa shape index (κ1) is 27.0. The van der Waals surface area contributed by atoms with E-state index in [-0.39, 0.29) is 21.7 Å². The van der Waals surface area contributed by atoms with Gasteiger partial charge >= 0.3 is 18.1 Å². The Labute approximate surface area is 223 Å². The van der Waals surface area contributed by atoms with E-state index in [2.05, 4.69) is 4.74 Å². The second kappa shape index (κ2) is 10.4. The molecule has 1 aliphatic carbocycles. The third-order valence-electron chi connectivity index (χ3n) is 3.80. The molecule has 0 amide bonds. The Morgan fingerprint density at radius 2 is 1.47 bits per heavy atom. The molecule has 0 saturated heterocycles. The second-order valence-corrected chi connectivity index (χ2v) is 12.0. The predicted molar refractivity (Wildman–Crippen MR) is 132 cm³/mol. The number of carbonyl (C=O) groups excluding carboxylic acids is 2. The van der Waals surface area contributed by atoms with Gasteiger partial charge in [0.1, 0.15) is 5.75 Å². The minimum atomic E-state index is -5.26. The van der Waals surface area contributed by atoms with Crippen LogP contribution in [-0.4, -0.2) is 49.5 Å². The van der Waals surface area contributed by atoms with Crippen molar-refractivity contribution in [3.05, 3.63) is 25.4 Å². The van der Waals surface area contributed by atoms with Gasteiger partial charge in [0.05, 0.1) is 17.7 Å². The number of benzene rings is 1. The van der Waals surface area contributed by atoms with Crippen LogP contribution in [0.15, 0.2) is 0 Å². The molecule has 0 heterocycles. The predicted octanol–water partition coefficient (Wildman–Crippen LogP) is 4.65. The molecule has 1 atom stereocenters. The quantitative estimate of drug-likeness (QED) is 0.140. The fraction of sp³-hybridized carbons (Fsp3) is 0.467. The minimum absolute atomic E-state index is 0.122. The Hall–Kier alpha value is 0.780. The van der Waals surface area contributed by atoms with Gasteiger partial charge in [-0.2, -0.15) is 21.6 Å². The van der Waals surface area contributed by atoms with Gasteiger partial charge in [-0.05, 0) is 109 Å². The summed E-state index contributed by atoms with van der Waals surface area (Å²) in [6.07, 6.45) is -6.58. The summed E-state index contributed by atoms with van der Waals surface area (Å²) in [6.45, 7) is 0.122. The Bertz CT molecular complexity index is 978. The molecule has 2 rings (SSSR count). The van der Waals surface area contributed by atoms with Crippen LogP contribution in [0.3, 0.4) is 0 Å². The molecular formula is C15H11F3I4O7S. The van der Waals surface area contributed by atoms with Gasteiger partial charge in [-0.15, -0.1) is 0 Å². The summed E-state index contributed by atoms with van der Waals surface area (Å²) in [4.78, 5) is 25.3. The number of carbonyl (C=O) groups is 2. The summed E-state index contributed by atoms with van der Waals surface area (Å²) in [7, 11) is -5.10. The standard InChI is InChI=1S/C15H11F3I4O7S/c16-15(17,18)6(4-30(25,26)27)29-14(24)8-7(13(23)28-3-5-1-2-5)9(19)11(21)12(22)10(8)20/h5-6H,1-4H2,(H,25,26,27). The van der Waals surface area contributed by atoms with E-state index in [1.165, 1.54) is 0 Å². The van der Waals surface area contributed by atoms with E-state index in [9.17, 15) is 31.2 Å². The van der Waals surface area contributed by atoms with Gasteiger partial charge < -0.3 is 9.47 Å². The SMILES string of the molecule is O=C(OCC1CC1)c1c(I)c(I)c(I)c(I)c1C(=O)OC(CS(=O)(=O)O)C(F)(F)F. The monoisotopic (exact) mass is 900 g/mol. The zero-order chi connectivity index (χ0) is 23.0. The largest absolute Gasteiger partial charge is 0.462 e. The van der Waals surface area contributed by atoms with Crippen LogP contribution in [-0.2, 0) is 19.6 Å². The average Bonchev–Trinajstić information content (AvgIpc) is 3.42. The molecule has 7 nitrogen and oxygen atoms in total. The zero-order valence-corrected chi connectivity index (χ0v) is 23.9. The number of alkyl halides is 3. The van der Waals surface area contributed by atoms with Crippen LogP contribution in [0.5, 0.6) is 0 Å². The van der Waals surface area contributed by atoms with Crippen molar-refractivity contribution in [3.63, 3.8) is 0 Å². The highest BCUT2D eigenvalue weighted by Crippen LogP contribution is 2.36. The highest BCUT2D eigenvalue weighted by Gasteiger charge is 2.46. The molecule has 0 bridgehead atoms. The third-order valence-corrected chi connectivity index (χ3v) is 11.9. The number of hydrogen-bond acceptors (Lipinski definition) is 6. The van der Waals surface area contributed by atoms with Gasteiger partial charge in [0, 0.05) is 14.3 Å². The van der Waals surface area contributed by atoms with Crippen molar-refractivity contribution < 1.29 is 45.2 Å². The molecule has 15 heteroatoms. The average molecular weight is 900 g/mol. The second-order valence-electron chi connectivity index (χ2n) is 6.23. The summed E-state index contributed by atoms with van der Waals surface area (Å²) < 4.78 is 81.4. The van der Waals surface area contributed by atoms with Gasteiger partial charge in [0.25, 0.3) is 10.1 Å². The van der Waals surface area contributed by atoms with Crippen LogP contribution in [0.25, 0.3) is 0 Å². The molecule has 1 aromatic rings. The first-order valence-electron chi connectivity index (χ1n) is 7.89. The highest BCUT2D eigenvalue weighted by atomic mass is 127. The smallest absolute Gasteiger partial charge is 0.426 e. The molecule has 1 aromatic carbocycles. The van der Waals surface area contributed by atoms with Crippen molar-refractivity contribution in [1.29, 1.82) is 0 Å². The van der Waals surface area contributed by atoms with Crippen LogP contribution < -0.4 is 0 Å². The molecular weight excluding hydrogens is 889 g/mol. The van der Waals surface area contributed by atoms with Crippen molar-refractivity contribution in [1.82, 2.24) is 0 Å². The lowest BCUT2D eigenvalue weighted by atomic mass is 10.1. The van der Waals surface area contributed by atoms with Crippen molar-refractivity contribution in [2.45, 2.75) is 25.1 Å². The van der Waals surface area contributed by atoms with Crippen LogP contribution in [0, 0.1) is 20.2 Å². The Morgan fingerprint density at radius 1 is 1.00 bits per heavy atom. The molecule has 0 radical (unpaired) electrons. The number of halogens is 7. The lowest BCUT2D eigenvalue weighted by molar-refractivity contribution is -0.197. The molecule has 1 unspecified atom stereocenters. The maximum absolute atomic E-state index is 13.2. The maximum atomic E-state index is 13.2. The van der Waals surface area contributed by atoms with E-state index in [1.54, 1.807) is 45.2 Å². The number of rotatable bonds is 7. The van der Waals surface area contributed by atoms with Crippen molar-refractivity contribution in [2.75, 3.05) is 12.4 Å². The van der Waals surface area contributed by atoms with E-state index in [0.29, 0.717) is 10.7 Å². The van der Waals surface area contributed by atoms with Crippen molar-refractivity contribution in [2.24, 2.45) is 5.92 Å². The zero-order valence-electron chi connectivity index (χ0n) is 14.4. The topological polar surface area (TPSA) is 107 Å². The fourth-order valence-electron chi connectivity index (χ4n) is 2.14. The molecule has 0 spiro atoms. The van der Waals surface area contributed by atoms with E-state index in [0.717, 1.165) is 12.8 Å². The molecule has 168 valence electrons. The molecule has 1 N–H and O–H groups in total. The number of hydrogen-bond donors (Lipinski definition) is 1. The first-order chi connectivity index (χ1) is 13.6. The van der Waals surface area contributed by atoms with Crippen LogP contribution in [0.1, 0.15) is 33.6 Å². The highest BCUT2D eigenvalue weighted by molar-refractivity contribution is 14.1. The molecule has 1 aliphatic rings. The number of esters is 2. The van der Waals surface area contributed by atoms with E-state index < -0.39 is 45.7 Å². The molecule has 0 aromatic heterocycles. The summed E-state index contributed by atoms with van der Waals surface area (Å²) >= 11 is 7.28. The van der Waals surface area contributed by atoms with E-state index in [1.807, 2.05) is 45.2 Å². The normalized spacial score (nSPS) is 15.6. The summed E-state index contributed by atoms with van der Waals surface area (Å²) in [5.41, 5.74) is -0.696. The van der Waals surface area contributed by atoms with Gasteiger partial charge in [-0.25, -0.2) is 9.59 Å². The summed E-state index contributed by atoms with van der Waals surface area (Å²) in [5, 5.41) is 0. The van der Waals surface area contributed by atoms with Gasteiger partial charge in [0.15, 0.2) is 0 Å². The molecule has 1 fully saturated rings. The van der Waals surface area contributed by atoms with E-state index >= 15 is 0 Å². The maximum Gasteiger partial charge on any atom is 0.426 e. The first-order valence-corrected chi connectivity index (χ1v) is 13.8. The van der Waals surface area contributed by atoms with Gasteiger partial charge in [0.2, 0.25) is 6.10 Å². The molecule has 1 saturated carbocycles. The van der Waals surface area contributed by atoms with Gasteiger partial charge in [-0.3, -0.25) is 4.55 Å². The summed E-state index contributed by atoms with van der Waals surface area (Å²) in [5.74, 6) is -4.08. The lowest BCUT2D eigenvalue weighted by Crippen LogP contribution is -2.40. The van der Waals surface area contributed by atoms with Crippen LogP contribution in [0.4, 0.5) is 13.2 Å². The van der Waals surface area contributed by atoms with Crippen molar-refractivity contribution in [3.8, 4) is 0 Å². The number of ether oxygens (including phenoxy) is 2. The summed E-state index contributed by atoms with van der Waals surface area (Å²) in [6, 6.07) is 0. The molecule has 0 aliphatic heterocycles. The Morgan fingerprint density at radius 3 is 1.87 bits per heavy atom. The van der Waals surface area contributed by atoms with E-state index in [4.69, 9.17) is 9.29 Å². The van der Waals surface area contributed by atoms with Gasteiger partial charge in [-0.1, -0.05) is 0 Å².